The quantitative estimate of drug-likeness (QED) is 0.172. The molecule has 0 saturated heterocycles. The van der Waals surface area contributed by atoms with Crippen molar-refractivity contribution >= 4 is 5.57 Å². The van der Waals surface area contributed by atoms with Crippen LogP contribution in [0.2, 0.25) is 0 Å². The predicted molar refractivity (Wildman–Crippen MR) is 180 cm³/mol. The van der Waals surface area contributed by atoms with Gasteiger partial charge in [-0.3, -0.25) is 0 Å². The van der Waals surface area contributed by atoms with Gasteiger partial charge in [-0.1, -0.05) is 139 Å². The van der Waals surface area contributed by atoms with E-state index in [-0.39, 0.29) is 0 Å². The molecule has 0 heterocycles. The van der Waals surface area contributed by atoms with Crippen LogP contribution >= 0.6 is 0 Å². The number of allylic oxidation sites excluding steroid dienone is 4. The zero-order valence-corrected chi connectivity index (χ0v) is 26.6. The Kier molecular flexibility index (Phi) is 29.8. The molecule has 0 spiro atoms. The van der Waals surface area contributed by atoms with E-state index >= 15 is 0 Å². The van der Waals surface area contributed by atoms with Crippen molar-refractivity contribution in [3.63, 3.8) is 0 Å². The molecule has 0 aromatic heterocycles. The van der Waals surface area contributed by atoms with Crippen LogP contribution in [0.3, 0.4) is 0 Å². The first kappa shape index (κ1) is 40.0. The lowest BCUT2D eigenvalue weighted by atomic mass is 9.90. The molecule has 39 heavy (non-hydrogen) atoms. The Bertz CT molecular complexity index is 989. The Hall–Kier alpha value is -3.48. The lowest BCUT2D eigenvalue weighted by Crippen LogP contribution is -2.19. The Morgan fingerprint density at radius 2 is 1.51 bits per heavy atom. The van der Waals surface area contributed by atoms with Crippen molar-refractivity contribution in [3.8, 4) is 12.5 Å². The smallest absolute Gasteiger partial charge is 0.0463 e. The van der Waals surface area contributed by atoms with Crippen molar-refractivity contribution in [2.24, 2.45) is 5.73 Å². The number of terminal acetylenes is 1. The van der Waals surface area contributed by atoms with Gasteiger partial charge in [0.05, 0.1) is 0 Å². The number of hydrogen-bond donors (Lipinski definition) is 3. The maximum Gasteiger partial charge on any atom is 0.0463 e. The first-order chi connectivity index (χ1) is 18.8. The maximum absolute atomic E-state index is 4.38. The largest absolute Gasteiger partial charge is 0.387 e. The highest BCUT2D eigenvalue weighted by molar-refractivity contribution is 5.85. The van der Waals surface area contributed by atoms with Gasteiger partial charge in [0.1, 0.15) is 0 Å². The van der Waals surface area contributed by atoms with Gasteiger partial charge in [-0.15, -0.1) is 0 Å². The molecule has 4 N–H and O–H groups in total. The highest BCUT2D eigenvalue weighted by atomic mass is 14.9. The second-order valence-electron chi connectivity index (χ2n) is 8.41. The van der Waals surface area contributed by atoms with E-state index < -0.39 is 0 Å². The van der Waals surface area contributed by atoms with Crippen molar-refractivity contribution in [2.45, 2.75) is 74.7 Å². The average molecular weight is 532 g/mol. The number of nitrogens with one attached hydrogen (secondary N) is 2. The zero-order valence-electron chi connectivity index (χ0n) is 26.6. The van der Waals surface area contributed by atoms with E-state index in [2.05, 4.69) is 138 Å². The summed E-state index contributed by atoms with van der Waals surface area (Å²) < 4.78 is 0. The normalized spacial score (nSPS) is 10.4. The molecule has 0 bridgehead atoms. The monoisotopic (exact) mass is 531 g/mol. The number of hydrogen-bond acceptors (Lipinski definition) is 3. The molecular weight excluding hydrogens is 474 g/mol. The SMILES string of the molecule is C#CN.C/C=C(C)/C=C/CCC.C=C(CNC)/C(NC)=C(/c1ccccc1)c1ccccc1C.CC.CCC. The molecule has 0 radical (unpaired) electrons. The third kappa shape index (κ3) is 19.3. The second kappa shape index (κ2) is 29.1. The summed E-state index contributed by atoms with van der Waals surface area (Å²) in [7, 11) is 3.89. The van der Waals surface area contributed by atoms with Crippen LogP contribution in [0.25, 0.3) is 5.57 Å². The summed E-state index contributed by atoms with van der Waals surface area (Å²) in [4.78, 5) is 0. The van der Waals surface area contributed by atoms with Gasteiger partial charge >= 0.3 is 0 Å². The second-order valence-corrected chi connectivity index (χ2v) is 8.41. The number of nitrogens with two attached hydrogens (primary N) is 1. The van der Waals surface area contributed by atoms with Crippen molar-refractivity contribution in [1.29, 1.82) is 0 Å². The fraction of sp³-hybridized carbons (Fsp3) is 0.389. The number of unbranched alkanes of at least 4 members (excludes halogenated alkanes) is 1. The number of likely N-dealkylation sites (N-methyl/N-ethyl adjacent to an activating group) is 2. The van der Waals surface area contributed by atoms with Crippen LogP contribution in [-0.4, -0.2) is 20.6 Å². The molecule has 0 aliphatic carbocycles. The minimum absolute atomic E-state index is 0.748. The fourth-order valence-electron chi connectivity index (χ4n) is 3.21. The van der Waals surface area contributed by atoms with Gasteiger partial charge in [-0.05, 0) is 62.5 Å². The van der Waals surface area contributed by atoms with Crippen molar-refractivity contribution in [3.05, 3.63) is 113 Å². The molecule has 2 rings (SSSR count). The molecule has 0 aliphatic heterocycles. The number of benzene rings is 2. The fourth-order valence-corrected chi connectivity index (χ4v) is 3.21. The summed E-state index contributed by atoms with van der Waals surface area (Å²) >= 11 is 0. The van der Waals surface area contributed by atoms with Gasteiger partial charge in [0.25, 0.3) is 0 Å². The lowest BCUT2D eigenvalue weighted by molar-refractivity contribution is 0.860. The summed E-state index contributed by atoms with van der Waals surface area (Å²) in [6, 6.07) is 20.7. The molecule has 2 aromatic carbocycles. The number of aryl methyl sites for hydroxylation is 1. The highest BCUT2D eigenvalue weighted by Crippen LogP contribution is 2.30. The van der Waals surface area contributed by atoms with E-state index in [1.165, 1.54) is 47.1 Å². The summed E-state index contributed by atoms with van der Waals surface area (Å²) in [6.45, 7) is 21.7. The van der Waals surface area contributed by atoms with E-state index in [4.69, 9.17) is 0 Å². The van der Waals surface area contributed by atoms with Crippen LogP contribution in [0.15, 0.2) is 96.2 Å². The molecule has 0 saturated carbocycles. The molecule has 3 nitrogen and oxygen atoms in total. The first-order valence-electron chi connectivity index (χ1n) is 14.1. The third-order valence-electron chi connectivity index (χ3n) is 5.01. The van der Waals surface area contributed by atoms with E-state index in [0.29, 0.717) is 0 Å². The summed E-state index contributed by atoms with van der Waals surface area (Å²) in [5, 5.41) is 6.53. The van der Waals surface area contributed by atoms with E-state index in [1.807, 2.05) is 34.0 Å². The molecular formula is C36H57N3. The lowest BCUT2D eigenvalue weighted by Gasteiger charge is -2.19. The standard InChI is InChI=1S/C20H24N2.C9H16.C3H8.C2H3N.C2H6/c1-15-10-8-9-13-18(15)19(17-11-6-5-7-12-17)20(22-4)16(2)14-21-3;1-4-6-7-8-9(3)5-2;1-3-2;1-2-3;1-2/h5-13,21-22H,2,14H2,1,3-4H3;5,7-8H,4,6H2,1-3H3;3H2,1-2H3;1H,3H2;1-2H3/b20-19+;8-7+,9-5+;;;. The molecule has 2 aromatic rings. The van der Waals surface area contributed by atoms with Crippen LogP contribution in [0.1, 0.15) is 84.4 Å². The average Bonchev–Trinajstić information content (AvgIpc) is 2.95. The minimum atomic E-state index is 0.748. The van der Waals surface area contributed by atoms with Gasteiger partial charge < -0.3 is 16.4 Å². The predicted octanol–water partition coefficient (Wildman–Crippen LogP) is 9.04. The molecule has 216 valence electrons. The first-order valence-corrected chi connectivity index (χ1v) is 14.1. The third-order valence-corrected chi connectivity index (χ3v) is 5.01. The van der Waals surface area contributed by atoms with E-state index in [9.17, 15) is 0 Å². The van der Waals surface area contributed by atoms with Crippen molar-refractivity contribution in [1.82, 2.24) is 10.6 Å². The molecule has 3 heteroatoms. The molecule has 0 fully saturated rings. The Morgan fingerprint density at radius 1 is 1.00 bits per heavy atom. The van der Waals surface area contributed by atoms with Gasteiger partial charge in [-0.2, -0.15) is 0 Å². The highest BCUT2D eigenvalue weighted by Gasteiger charge is 2.14. The van der Waals surface area contributed by atoms with Gasteiger partial charge in [-0.25, -0.2) is 0 Å². The minimum Gasteiger partial charge on any atom is -0.387 e. The van der Waals surface area contributed by atoms with Gasteiger partial charge in [0.15, 0.2) is 0 Å². The van der Waals surface area contributed by atoms with Crippen molar-refractivity contribution < 1.29 is 0 Å². The summed E-state index contributed by atoms with van der Waals surface area (Å²) in [5.74, 6) is 0. The van der Waals surface area contributed by atoms with Gasteiger partial charge in [0, 0.05) is 24.9 Å². The van der Waals surface area contributed by atoms with Gasteiger partial charge in [0.2, 0.25) is 0 Å². The van der Waals surface area contributed by atoms with Crippen molar-refractivity contribution in [2.75, 3.05) is 20.6 Å². The van der Waals surface area contributed by atoms with E-state index in [0.717, 1.165) is 17.8 Å². The zero-order chi connectivity index (χ0) is 30.5. The van der Waals surface area contributed by atoms with Crippen LogP contribution in [0.4, 0.5) is 0 Å². The maximum atomic E-state index is 4.38. The molecule has 0 unspecified atom stereocenters. The molecule has 0 atom stereocenters. The summed E-state index contributed by atoms with van der Waals surface area (Å²) in [5.41, 5.74) is 12.7. The summed E-state index contributed by atoms with van der Waals surface area (Å²) in [6.07, 6.45) is 14.6. The van der Waals surface area contributed by atoms with Crippen LogP contribution in [0.5, 0.6) is 0 Å². The van der Waals surface area contributed by atoms with Crippen LogP contribution < -0.4 is 16.4 Å². The topological polar surface area (TPSA) is 50.1 Å². The van der Waals surface area contributed by atoms with Crippen LogP contribution in [-0.2, 0) is 0 Å². The van der Waals surface area contributed by atoms with Crippen LogP contribution in [0, 0.1) is 19.4 Å². The Labute approximate surface area is 242 Å². The Morgan fingerprint density at radius 3 is 1.95 bits per heavy atom. The Balaban J connectivity index is -0.000000633. The van der Waals surface area contributed by atoms with E-state index in [1.54, 1.807) is 6.04 Å². The number of rotatable bonds is 9. The molecule has 0 amide bonds. The molecule has 0 aliphatic rings.